The van der Waals surface area contributed by atoms with E-state index < -0.39 is 35.3 Å². The van der Waals surface area contributed by atoms with Gasteiger partial charge >= 0.3 is 5.97 Å². The first kappa shape index (κ1) is 22.4. The van der Waals surface area contributed by atoms with Crippen molar-refractivity contribution in [1.82, 2.24) is 25.0 Å². The number of aliphatic hydroxyl groups is 1. The summed E-state index contributed by atoms with van der Waals surface area (Å²) in [6.07, 6.45) is 0.195. The number of carbonyl (C=O) groups excluding carboxylic acids is 2. The summed E-state index contributed by atoms with van der Waals surface area (Å²) < 4.78 is 1.85. The molecule has 3 atom stereocenters. The van der Waals surface area contributed by atoms with Crippen molar-refractivity contribution in [2.24, 2.45) is 0 Å². The molecule has 0 radical (unpaired) electrons. The number of hydrogen-bond donors (Lipinski definition) is 3. The van der Waals surface area contributed by atoms with Gasteiger partial charge in [0, 0.05) is 18.1 Å². The summed E-state index contributed by atoms with van der Waals surface area (Å²) in [5.41, 5.74) is 0.968. The van der Waals surface area contributed by atoms with E-state index in [1.54, 1.807) is 36.7 Å². The number of rotatable bonds is 8. The van der Waals surface area contributed by atoms with Crippen molar-refractivity contribution in [3.8, 4) is 0 Å². The molecule has 2 aromatic rings. The maximum Gasteiger partial charge on any atom is 0.352 e. The number of β-lactam (4-membered cyclic amide) rings is 1. The fourth-order valence-electron chi connectivity index (χ4n) is 3.54. The maximum atomic E-state index is 12.8. The molecule has 1 aromatic heterocycles. The fraction of sp³-hybridized carbons (Fsp3) is 0.350. The molecule has 3 heterocycles. The van der Waals surface area contributed by atoms with Crippen LogP contribution in [0.4, 0.5) is 0 Å². The second kappa shape index (κ2) is 9.35. The van der Waals surface area contributed by atoms with Crippen LogP contribution in [0, 0.1) is 0 Å². The Morgan fingerprint density at radius 1 is 1.34 bits per heavy atom. The van der Waals surface area contributed by atoms with E-state index in [9.17, 15) is 24.6 Å². The van der Waals surface area contributed by atoms with Crippen molar-refractivity contribution in [3.05, 3.63) is 53.5 Å². The van der Waals surface area contributed by atoms with Crippen LogP contribution < -0.4 is 5.32 Å². The zero-order valence-electron chi connectivity index (χ0n) is 17.0. The average Bonchev–Trinajstić information content (AvgIpc) is 3.27. The molecule has 10 nitrogen and oxygen atoms in total. The van der Waals surface area contributed by atoms with Crippen molar-refractivity contribution in [2.45, 2.75) is 36.1 Å². The minimum atomic E-state index is -1.41. The fourth-order valence-corrected chi connectivity index (χ4v) is 6.00. The lowest BCUT2D eigenvalue weighted by Gasteiger charge is -2.49. The summed E-state index contributed by atoms with van der Waals surface area (Å²) in [5.74, 6) is -1.64. The molecule has 2 aliphatic heterocycles. The Balaban J connectivity index is 1.46. The lowest BCUT2D eigenvalue weighted by atomic mass is 10.0. The van der Waals surface area contributed by atoms with Crippen LogP contribution in [-0.2, 0) is 20.9 Å². The van der Waals surface area contributed by atoms with E-state index >= 15 is 0 Å². The van der Waals surface area contributed by atoms with Gasteiger partial charge < -0.3 is 20.1 Å². The number of thioether (sulfide) groups is 2. The van der Waals surface area contributed by atoms with Gasteiger partial charge in [-0.25, -0.2) is 4.79 Å². The number of amides is 2. The number of fused-ring (bicyclic) bond motifs is 1. The Labute approximate surface area is 192 Å². The first-order valence-corrected chi connectivity index (χ1v) is 11.9. The summed E-state index contributed by atoms with van der Waals surface area (Å²) in [5, 5.41) is 30.6. The minimum Gasteiger partial charge on any atom is -0.477 e. The molecule has 1 saturated heterocycles. The number of nitrogens with zero attached hydrogens (tertiary/aromatic N) is 4. The van der Waals surface area contributed by atoms with Gasteiger partial charge in [0.1, 0.15) is 23.4 Å². The second-order valence-electron chi connectivity index (χ2n) is 7.15. The lowest BCUT2D eigenvalue weighted by molar-refractivity contribution is -0.151. The largest absolute Gasteiger partial charge is 0.477 e. The SMILES string of the molecule is CCn1cnnc1SCC1=C(C(=O)O)N2C(=O)C(NC(=O)C(O)c3ccccc3)[C@@H]2SC1. The third-order valence-electron chi connectivity index (χ3n) is 5.21. The standard InChI is InChI=1S/C20H21N5O5S2/c1-2-24-10-21-23-20(24)32-9-12-8-31-18-13(17(28)25(18)14(12)19(29)30)22-16(27)15(26)11-6-4-3-5-7-11/h3-7,10,13,15,18,26H,2,8-9H2,1H3,(H,22,27)(H,29,30)/t13?,15?,18-/m0/s1. The van der Waals surface area contributed by atoms with Crippen molar-refractivity contribution in [3.63, 3.8) is 0 Å². The predicted octanol–water partition coefficient (Wildman–Crippen LogP) is 0.862. The normalized spacial score (nSPS) is 21.1. The van der Waals surface area contributed by atoms with Crippen LogP contribution in [0.3, 0.4) is 0 Å². The van der Waals surface area contributed by atoms with Crippen LogP contribution in [-0.4, -0.2) is 70.6 Å². The number of hydrogen-bond acceptors (Lipinski definition) is 8. The van der Waals surface area contributed by atoms with Crippen LogP contribution >= 0.6 is 23.5 Å². The molecule has 2 unspecified atom stereocenters. The second-order valence-corrected chi connectivity index (χ2v) is 9.20. The number of aryl methyl sites for hydroxylation is 1. The number of aliphatic hydroxyl groups excluding tert-OH is 1. The molecule has 3 N–H and O–H groups in total. The van der Waals surface area contributed by atoms with Crippen molar-refractivity contribution in [2.75, 3.05) is 11.5 Å². The third-order valence-corrected chi connectivity index (χ3v) is 7.61. The molecule has 1 aromatic carbocycles. The summed E-state index contributed by atoms with van der Waals surface area (Å²) in [6.45, 7) is 2.65. The van der Waals surface area contributed by atoms with Crippen molar-refractivity contribution in [1.29, 1.82) is 0 Å². The van der Waals surface area contributed by atoms with E-state index in [1.165, 1.54) is 28.4 Å². The zero-order chi connectivity index (χ0) is 22.8. The van der Waals surface area contributed by atoms with Gasteiger partial charge in [0.05, 0.1) is 0 Å². The first-order valence-electron chi connectivity index (χ1n) is 9.86. The zero-order valence-corrected chi connectivity index (χ0v) is 18.7. The number of aliphatic carboxylic acids is 1. The van der Waals surface area contributed by atoms with Gasteiger partial charge in [0.25, 0.3) is 11.8 Å². The Kier molecular flexibility index (Phi) is 6.53. The Morgan fingerprint density at radius 2 is 2.09 bits per heavy atom. The van der Waals surface area contributed by atoms with Gasteiger partial charge in [-0.2, -0.15) is 0 Å². The van der Waals surface area contributed by atoms with E-state index in [2.05, 4.69) is 15.5 Å². The highest BCUT2D eigenvalue weighted by Crippen LogP contribution is 2.41. The molecule has 168 valence electrons. The average molecular weight is 476 g/mol. The number of benzene rings is 1. The van der Waals surface area contributed by atoms with E-state index in [4.69, 9.17) is 0 Å². The van der Waals surface area contributed by atoms with Crippen LogP contribution in [0.5, 0.6) is 0 Å². The molecule has 32 heavy (non-hydrogen) atoms. The van der Waals surface area contributed by atoms with Crippen LogP contribution in [0.25, 0.3) is 0 Å². The summed E-state index contributed by atoms with van der Waals surface area (Å²) >= 11 is 2.74. The molecule has 0 spiro atoms. The molecule has 4 rings (SSSR count). The van der Waals surface area contributed by atoms with Gasteiger partial charge in [-0.1, -0.05) is 42.1 Å². The molecule has 1 fully saturated rings. The lowest BCUT2D eigenvalue weighted by Crippen LogP contribution is -2.70. The van der Waals surface area contributed by atoms with Gasteiger partial charge in [-0.15, -0.1) is 22.0 Å². The Morgan fingerprint density at radius 3 is 2.78 bits per heavy atom. The van der Waals surface area contributed by atoms with Gasteiger partial charge in [-0.05, 0) is 18.1 Å². The highest BCUT2D eigenvalue weighted by Gasteiger charge is 2.54. The molecular weight excluding hydrogens is 454 g/mol. The predicted molar refractivity (Wildman–Crippen MR) is 118 cm³/mol. The van der Waals surface area contributed by atoms with Gasteiger partial charge in [-0.3, -0.25) is 14.5 Å². The number of carboxylic acids is 1. The quantitative estimate of drug-likeness (QED) is 0.375. The number of carbonyl (C=O) groups is 3. The van der Waals surface area contributed by atoms with Crippen LogP contribution in [0.15, 0.2) is 53.1 Å². The summed E-state index contributed by atoms with van der Waals surface area (Å²) in [7, 11) is 0. The molecule has 12 heteroatoms. The van der Waals surface area contributed by atoms with E-state index in [0.29, 0.717) is 34.3 Å². The minimum absolute atomic E-state index is 0.0529. The monoisotopic (exact) mass is 475 g/mol. The number of aromatic nitrogens is 3. The molecular formula is C20H21N5O5S2. The molecule has 2 amide bonds. The highest BCUT2D eigenvalue weighted by molar-refractivity contribution is 8.01. The summed E-state index contributed by atoms with van der Waals surface area (Å²) in [6, 6.07) is 7.50. The van der Waals surface area contributed by atoms with E-state index in [0.717, 1.165) is 0 Å². The molecule has 0 saturated carbocycles. The Hall–Kier alpha value is -2.83. The number of nitrogens with one attached hydrogen (secondary N) is 1. The topological polar surface area (TPSA) is 138 Å². The van der Waals surface area contributed by atoms with Crippen molar-refractivity contribution >= 4 is 41.3 Å². The summed E-state index contributed by atoms with van der Waals surface area (Å²) in [4.78, 5) is 38.4. The highest BCUT2D eigenvalue weighted by atomic mass is 32.2. The van der Waals surface area contributed by atoms with Crippen molar-refractivity contribution < 1.29 is 24.6 Å². The van der Waals surface area contributed by atoms with Crippen LogP contribution in [0.1, 0.15) is 18.6 Å². The smallest absolute Gasteiger partial charge is 0.352 e. The number of carboxylic acid groups (broad SMARTS) is 1. The molecule has 0 bridgehead atoms. The van der Waals surface area contributed by atoms with Gasteiger partial charge in [0.15, 0.2) is 11.3 Å². The maximum absolute atomic E-state index is 12.8. The van der Waals surface area contributed by atoms with E-state index in [-0.39, 0.29) is 5.70 Å². The Bertz CT molecular complexity index is 1070. The molecule has 0 aliphatic carbocycles. The van der Waals surface area contributed by atoms with E-state index in [1.807, 2.05) is 11.5 Å². The van der Waals surface area contributed by atoms with Crippen LogP contribution in [0.2, 0.25) is 0 Å². The molecule has 2 aliphatic rings. The van der Waals surface area contributed by atoms with Gasteiger partial charge in [0.2, 0.25) is 0 Å². The third kappa shape index (κ3) is 4.12. The first-order chi connectivity index (χ1) is 15.4.